The minimum Gasteiger partial charge on any atom is -0.478 e. The van der Waals surface area contributed by atoms with Crippen molar-refractivity contribution in [1.82, 2.24) is 0 Å². The number of anilines is 3. The van der Waals surface area contributed by atoms with Gasteiger partial charge in [0.1, 0.15) is 0 Å². The highest BCUT2D eigenvalue weighted by molar-refractivity contribution is 5.99. The van der Waals surface area contributed by atoms with Crippen LogP contribution in [0.2, 0.25) is 0 Å². The smallest absolute Gasteiger partial charge is 0.478 e. The summed E-state index contributed by atoms with van der Waals surface area (Å²) in [5.41, 5.74) is -1.01. The maximum atomic E-state index is 13.8. The van der Waals surface area contributed by atoms with Crippen molar-refractivity contribution in [3.8, 4) is 0 Å². The number of carboxylic acids is 2. The molecule has 2 fully saturated rings. The van der Waals surface area contributed by atoms with Crippen LogP contribution < -0.4 is 15.2 Å². The zero-order valence-electron chi connectivity index (χ0n) is 22.2. The van der Waals surface area contributed by atoms with Gasteiger partial charge in [-0.2, -0.15) is 26.3 Å². The molecule has 2 N–H and O–H groups in total. The summed E-state index contributed by atoms with van der Waals surface area (Å²) in [7, 11) is 0. The summed E-state index contributed by atoms with van der Waals surface area (Å²) >= 11 is 0. The lowest BCUT2D eigenvalue weighted by atomic mass is 9.94. The summed E-state index contributed by atoms with van der Waals surface area (Å²) in [5, 5.41) is 16.6. The first-order valence-electron chi connectivity index (χ1n) is 12.9. The number of alkyl halides is 6. The molecule has 1 saturated heterocycles. The summed E-state index contributed by atoms with van der Waals surface area (Å²) in [6.07, 6.45) is -5.39. The van der Waals surface area contributed by atoms with Crippen molar-refractivity contribution < 1.29 is 50.6 Å². The zero-order valence-corrected chi connectivity index (χ0v) is 22.2. The number of hydrogen-bond acceptors (Lipinski definition) is 6. The molecule has 8 nitrogen and oxygen atoms in total. The molecule has 1 spiro atoms. The Hall–Kier alpha value is -4.23. The Morgan fingerprint density at radius 3 is 2.05 bits per heavy atom. The number of aromatic carboxylic acids is 1. The molecule has 0 atom stereocenters. The fraction of sp³-hybridized carbons (Fsp3) is 0.393. The molecule has 0 radical (unpaired) electrons. The van der Waals surface area contributed by atoms with E-state index in [-0.39, 0.29) is 34.5 Å². The molecular weight excluding hydrogens is 574 g/mol. The number of carboxylic acid groups (broad SMARTS) is 2. The molecule has 1 aromatic heterocycles. The van der Waals surface area contributed by atoms with Crippen molar-refractivity contribution in [1.29, 1.82) is 0 Å². The van der Waals surface area contributed by atoms with E-state index in [2.05, 4.69) is 0 Å². The first-order valence-corrected chi connectivity index (χ1v) is 12.9. The molecule has 0 unspecified atom stereocenters. The minimum atomic E-state index is -5.08. The lowest BCUT2D eigenvalue weighted by molar-refractivity contribution is -0.192. The van der Waals surface area contributed by atoms with E-state index in [1.807, 2.05) is 4.90 Å². The van der Waals surface area contributed by atoms with Crippen LogP contribution in [0.4, 0.5) is 43.6 Å². The van der Waals surface area contributed by atoms with Gasteiger partial charge in [0.05, 0.1) is 27.9 Å². The third kappa shape index (κ3) is 6.47. The first-order chi connectivity index (χ1) is 19.6. The second kappa shape index (κ2) is 11.2. The van der Waals surface area contributed by atoms with Crippen LogP contribution in [0.25, 0.3) is 11.0 Å². The molecule has 2 aliphatic rings. The summed E-state index contributed by atoms with van der Waals surface area (Å²) < 4.78 is 79.3. The van der Waals surface area contributed by atoms with Crippen LogP contribution in [0.15, 0.2) is 51.7 Å². The molecule has 1 saturated carbocycles. The molecule has 0 amide bonds. The predicted molar refractivity (Wildman–Crippen MR) is 140 cm³/mol. The molecule has 226 valence electrons. The van der Waals surface area contributed by atoms with E-state index < -0.39 is 35.3 Å². The number of rotatable bonds is 5. The van der Waals surface area contributed by atoms with Crippen molar-refractivity contribution in [3.05, 3.63) is 63.8 Å². The van der Waals surface area contributed by atoms with E-state index in [0.717, 1.165) is 25.0 Å². The molecule has 5 rings (SSSR count). The number of aliphatic carboxylic acids is 1. The van der Waals surface area contributed by atoms with Crippen molar-refractivity contribution in [2.45, 2.75) is 45.0 Å². The minimum absolute atomic E-state index is 0.000600. The van der Waals surface area contributed by atoms with Gasteiger partial charge in [-0.15, -0.1) is 0 Å². The van der Waals surface area contributed by atoms with E-state index in [4.69, 9.17) is 14.3 Å². The standard InChI is InChI=1S/C26H25F3N2O4.C2HF3O2/c1-2-31(19-6-4-3-5-17(19)24(33)34)20-14-16(26(27,28)29)13-18-21(32)15-22(35-23(18)20)30-11-9-25(7-8-25)10-12-30;3-2(4,5)1(6)7/h3-6,13-15H,2,7-12H2,1H3,(H,33,34);(H,6,7). The molecular formula is C28H26F6N2O6. The van der Waals surface area contributed by atoms with Gasteiger partial charge in [0, 0.05) is 25.7 Å². The number of halogens is 6. The Balaban J connectivity index is 0.000000517. The van der Waals surface area contributed by atoms with Crippen molar-refractivity contribution >= 4 is 40.2 Å². The van der Waals surface area contributed by atoms with Crippen LogP contribution in [-0.2, 0) is 11.0 Å². The Bertz CT molecular complexity index is 1550. The summed E-state index contributed by atoms with van der Waals surface area (Å²) in [5.74, 6) is -3.64. The monoisotopic (exact) mass is 600 g/mol. The van der Waals surface area contributed by atoms with Gasteiger partial charge >= 0.3 is 24.3 Å². The maximum absolute atomic E-state index is 13.8. The number of fused-ring (bicyclic) bond motifs is 1. The number of hydrogen-bond donors (Lipinski definition) is 2. The van der Waals surface area contributed by atoms with Gasteiger partial charge < -0.3 is 24.4 Å². The van der Waals surface area contributed by atoms with Gasteiger partial charge in [-0.25, -0.2) is 9.59 Å². The second-order valence-corrected chi connectivity index (χ2v) is 10.2. The summed E-state index contributed by atoms with van der Waals surface area (Å²) in [6.45, 7) is 3.28. The average Bonchev–Trinajstić information content (AvgIpc) is 3.67. The number of piperidine rings is 1. The Kier molecular flexibility index (Phi) is 8.20. The summed E-state index contributed by atoms with van der Waals surface area (Å²) in [6, 6.07) is 9.07. The maximum Gasteiger partial charge on any atom is 0.490 e. The third-order valence-corrected chi connectivity index (χ3v) is 7.49. The molecule has 1 aliphatic carbocycles. The quantitative estimate of drug-likeness (QED) is 0.312. The lowest BCUT2D eigenvalue weighted by Crippen LogP contribution is -2.34. The highest BCUT2D eigenvalue weighted by Gasteiger charge is 2.45. The molecule has 42 heavy (non-hydrogen) atoms. The highest BCUT2D eigenvalue weighted by Crippen LogP contribution is 2.54. The van der Waals surface area contributed by atoms with Gasteiger partial charge in [0.25, 0.3) is 0 Å². The second-order valence-electron chi connectivity index (χ2n) is 10.2. The number of nitrogens with zero attached hydrogens (tertiary/aromatic N) is 2. The SMILES string of the molecule is CCN(c1ccccc1C(=O)O)c1cc(C(F)(F)F)cc2c(=O)cc(N3CCC4(CC3)CC4)oc12.O=C(O)C(F)(F)F. The van der Waals surface area contributed by atoms with E-state index in [1.54, 1.807) is 19.1 Å². The van der Waals surface area contributed by atoms with Crippen LogP contribution >= 0.6 is 0 Å². The van der Waals surface area contributed by atoms with Crippen molar-refractivity contribution in [3.63, 3.8) is 0 Å². The number of benzene rings is 2. The molecule has 2 aromatic carbocycles. The highest BCUT2D eigenvalue weighted by atomic mass is 19.4. The predicted octanol–water partition coefficient (Wildman–Crippen LogP) is 6.68. The van der Waals surface area contributed by atoms with Crippen LogP contribution in [0.1, 0.15) is 48.5 Å². The average molecular weight is 601 g/mol. The van der Waals surface area contributed by atoms with Crippen LogP contribution in [0.3, 0.4) is 0 Å². The van der Waals surface area contributed by atoms with Gasteiger partial charge in [-0.1, -0.05) is 12.1 Å². The molecule has 2 heterocycles. The van der Waals surface area contributed by atoms with Gasteiger partial charge in [0.15, 0.2) is 16.9 Å². The topological polar surface area (TPSA) is 111 Å². The van der Waals surface area contributed by atoms with E-state index in [9.17, 15) is 41.0 Å². The van der Waals surface area contributed by atoms with Crippen molar-refractivity contribution in [2.24, 2.45) is 5.41 Å². The molecule has 1 aliphatic heterocycles. The van der Waals surface area contributed by atoms with Crippen LogP contribution in [0, 0.1) is 5.41 Å². The third-order valence-electron chi connectivity index (χ3n) is 7.49. The Morgan fingerprint density at radius 1 is 0.952 bits per heavy atom. The van der Waals surface area contributed by atoms with E-state index in [1.165, 1.54) is 35.9 Å². The van der Waals surface area contributed by atoms with Crippen LogP contribution in [-0.4, -0.2) is 48.0 Å². The molecule has 0 bridgehead atoms. The largest absolute Gasteiger partial charge is 0.490 e. The lowest BCUT2D eigenvalue weighted by Gasteiger charge is -2.33. The molecule has 14 heteroatoms. The zero-order chi connectivity index (χ0) is 31.0. The Labute approximate surface area is 234 Å². The van der Waals surface area contributed by atoms with E-state index >= 15 is 0 Å². The fourth-order valence-electron chi connectivity index (χ4n) is 4.99. The number of para-hydroxylation sites is 1. The summed E-state index contributed by atoms with van der Waals surface area (Å²) in [4.78, 5) is 37.2. The van der Waals surface area contributed by atoms with Crippen molar-refractivity contribution in [2.75, 3.05) is 29.4 Å². The number of carbonyl (C=O) groups is 2. The van der Waals surface area contributed by atoms with E-state index in [0.29, 0.717) is 24.4 Å². The van der Waals surface area contributed by atoms with Crippen LogP contribution in [0.5, 0.6) is 0 Å². The van der Waals surface area contributed by atoms with Gasteiger partial charge in [-0.05, 0) is 62.3 Å². The first kappa shape index (κ1) is 30.7. The van der Waals surface area contributed by atoms with Gasteiger partial charge in [-0.3, -0.25) is 4.79 Å². The normalized spacial score (nSPS) is 16.1. The fourth-order valence-corrected chi connectivity index (χ4v) is 4.99. The molecule has 3 aromatic rings. The van der Waals surface area contributed by atoms with Gasteiger partial charge in [0.2, 0.25) is 0 Å². The Morgan fingerprint density at radius 2 is 1.55 bits per heavy atom.